The molecular formula is C18H16ClO3+. The quantitative estimate of drug-likeness (QED) is 0.654. The molecule has 0 atom stereocenters. The molecule has 1 heterocycles. The van der Waals surface area contributed by atoms with Crippen molar-refractivity contribution in [2.75, 3.05) is 6.61 Å². The van der Waals surface area contributed by atoms with Gasteiger partial charge in [-0.25, -0.2) is 4.42 Å². The zero-order valence-corrected chi connectivity index (χ0v) is 13.1. The molecule has 1 aromatic heterocycles. The SMILES string of the molecule is CCOc1cc(-c2ccc(O)cc2)[o+]c2cc(C)c(Cl)cc12. The zero-order valence-electron chi connectivity index (χ0n) is 12.4. The molecule has 0 aliphatic heterocycles. The largest absolute Gasteiger partial charge is 0.508 e. The monoisotopic (exact) mass is 315 g/mol. The van der Waals surface area contributed by atoms with Crippen molar-refractivity contribution < 1.29 is 14.3 Å². The number of phenols is 1. The van der Waals surface area contributed by atoms with E-state index in [-0.39, 0.29) is 5.75 Å². The molecular weight excluding hydrogens is 300 g/mol. The van der Waals surface area contributed by atoms with Gasteiger partial charge < -0.3 is 9.84 Å². The van der Waals surface area contributed by atoms with Crippen LogP contribution in [-0.4, -0.2) is 11.7 Å². The lowest BCUT2D eigenvalue weighted by molar-refractivity contribution is 0.342. The van der Waals surface area contributed by atoms with Gasteiger partial charge in [0.2, 0.25) is 0 Å². The topological polar surface area (TPSA) is 40.8 Å². The summed E-state index contributed by atoms with van der Waals surface area (Å²) in [5.41, 5.74) is 2.53. The summed E-state index contributed by atoms with van der Waals surface area (Å²) in [7, 11) is 0. The van der Waals surface area contributed by atoms with Gasteiger partial charge in [-0.15, -0.1) is 0 Å². The predicted octanol–water partition coefficient (Wildman–Crippen LogP) is 5.45. The minimum atomic E-state index is 0.220. The Morgan fingerprint density at radius 3 is 2.55 bits per heavy atom. The van der Waals surface area contributed by atoms with Crippen LogP contribution in [0.5, 0.6) is 11.5 Å². The van der Waals surface area contributed by atoms with E-state index in [1.54, 1.807) is 24.3 Å². The van der Waals surface area contributed by atoms with Crippen molar-refractivity contribution in [2.24, 2.45) is 0 Å². The summed E-state index contributed by atoms with van der Waals surface area (Å²) in [5, 5.41) is 10.9. The first-order valence-electron chi connectivity index (χ1n) is 7.07. The molecule has 4 heteroatoms. The summed E-state index contributed by atoms with van der Waals surface area (Å²) in [6.07, 6.45) is 0. The van der Waals surface area contributed by atoms with Crippen LogP contribution in [-0.2, 0) is 0 Å². The van der Waals surface area contributed by atoms with Crippen LogP contribution in [0.25, 0.3) is 22.3 Å². The smallest absolute Gasteiger partial charge is 0.364 e. The maximum absolute atomic E-state index is 9.41. The molecule has 0 bridgehead atoms. The Hall–Kier alpha value is -2.26. The predicted molar refractivity (Wildman–Crippen MR) is 88.6 cm³/mol. The third-order valence-corrected chi connectivity index (χ3v) is 3.87. The van der Waals surface area contributed by atoms with E-state index >= 15 is 0 Å². The van der Waals surface area contributed by atoms with Crippen LogP contribution in [0.3, 0.4) is 0 Å². The Balaban J connectivity index is 2.23. The number of aromatic hydroxyl groups is 1. The number of fused-ring (bicyclic) bond motifs is 1. The number of hydrogen-bond acceptors (Lipinski definition) is 2. The maximum atomic E-state index is 9.41. The van der Waals surface area contributed by atoms with Gasteiger partial charge in [-0.2, -0.15) is 0 Å². The normalized spacial score (nSPS) is 10.9. The van der Waals surface area contributed by atoms with Crippen molar-refractivity contribution in [2.45, 2.75) is 13.8 Å². The Labute approximate surface area is 133 Å². The molecule has 0 spiro atoms. The van der Waals surface area contributed by atoms with E-state index in [0.717, 1.165) is 27.8 Å². The second-order valence-corrected chi connectivity index (χ2v) is 5.46. The highest BCUT2D eigenvalue weighted by Gasteiger charge is 2.21. The molecule has 0 amide bonds. The molecule has 3 aromatic rings. The number of ether oxygens (including phenoxy) is 1. The second kappa shape index (κ2) is 5.85. The third-order valence-electron chi connectivity index (χ3n) is 3.46. The summed E-state index contributed by atoms with van der Waals surface area (Å²) < 4.78 is 11.7. The van der Waals surface area contributed by atoms with E-state index in [2.05, 4.69) is 0 Å². The molecule has 3 rings (SSSR count). The van der Waals surface area contributed by atoms with E-state index in [1.165, 1.54) is 0 Å². The van der Waals surface area contributed by atoms with E-state index in [1.807, 2.05) is 32.0 Å². The van der Waals surface area contributed by atoms with Gasteiger partial charge in [0, 0.05) is 11.1 Å². The zero-order chi connectivity index (χ0) is 15.7. The molecule has 0 fully saturated rings. The molecule has 0 unspecified atom stereocenters. The van der Waals surface area contributed by atoms with Gasteiger partial charge in [-0.3, -0.25) is 0 Å². The fourth-order valence-corrected chi connectivity index (χ4v) is 2.48. The molecule has 3 nitrogen and oxygen atoms in total. The van der Waals surface area contributed by atoms with Gasteiger partial charge in [-0.05, 0) is 49.7 Å². The van der Waals surface area contributed by atoms with Gasteiger partial charge >= 0.3 is 11.3 Å². The molecule has 2 aromatic carbocycles. The van der Waals surface area contributed by atoms with Gasteiger partial charge in [0.1, 0.15) is 16.9 Å². The van der Waals surface area contributed by atoms with Crippen molar-refractivity contribution in [3.8, 4) is 22.8 Å². The lowest BCUT2D eigenvalue weighted by Crippen LogP contribution is -1.94. The van der Waals surface area contributed by atoms with Gasteiger partial charge in [-0.1, -0.05) is 11.6 Å². The van der Waals surface area contributed by atoms with Crippen LogP contribution >= 0.6 is 11.6 Å². The summed E-state index contributed by atoms with van der Waals surface area (Å²) in [4.78, 5) is 0. The molecule has 0 saturated carbocycles. The molecule has 112 valence electrons. The van der Waals surface area contributed by atoms with Crippen LogP contribution in [0.4, 0.5) is 0 Å². The first-order valence-corrected chi connectivity index (χ1v) is 7.45. The van der Waals surface area contributed by atoms with E-state index in [4.69, 9.17) is 20.8 Å². The highest BCUT2D eigenvalue weighted by atomic mass is 35.5. The summed E-state index contributed by atoms with van der Waals surface area (Å²) in [6, 6.07) is 12.5. The minimum Gasteiger partial charge on any atom is -0.508 e. The Kier molecular flexibility index (Phi) is 3.90. The van der Waals surface area contributed by atoms with Crippen LogP contribution in [0.1, 0.15) is 12.5 Å². The molecule has 0 aliphatic carbocycles. The number of aryl methyl sites for hydroxylation is 1. The maximum Gasteiger partial charge on any atom is 0.364 e. The van der Waals surface area contributed by atoms with E-state index in [0.29, 0.717) is 17.4 Å². The number of phenolic OH excluding ortho intramolecular Hbond substituents is 1. The fraction of sp³-hybridized carbons (Fsp3) is 0.167. The summed E-state index contributed by atoms with van der Waals surface area (Å²) in [5.74, 6) is 1.63. The van der Waals surface area contributed by atoms with Crippen molar-refractivity contribution in [3.63, 3.8) is 0 Å². The summed E-state index contributed by atoms with van der Waals surface area (Å²) in [6.45, 7) is 4.43. The molecule has 1 N–H and O–H groups in total. The standard InChI is InChI=1S/C18H15ClO3/c1-3-21-17-10-16(12-4-6-13(20)7-5-12)22-18-8-11(2)15(19)9-14(17)18/h4-10H,3H2,1-2H3/p+1. The Bertz CT molecular complexity index is 826. The second-order valence-electron chi connectivity index (χ2n) is 5.05. The Morgan fingerprint density at radius 1 is 1.14 bits per heavy atom. The number of benzene rings is 2. The van der Waals surface area contributed by atoms with Crippen LogP contribution in [0.2, 0.25) is 5.02 Å². The molecule has 0 aliphatic rings. The average molecular weight is 316 g/mol. The number of hydrogen-bond donors (Lipinski definition) is 1. The molecule has 22 heavy (non-hydrogen) atoms. The molecule has 0 saturated heterocycles. The van der Waals surface area contributed by atoms with Crippen molar-refractivity contribution >= 4 is 22.6 Å². The van der Waals surface area contributed by atoms with E-state index in [9.17, 15) is 5.11 Å². The van der Waals surface area contributed by atoms with E-state index < -0.39 is 0 Å². The molecule has 0 radical (unpaired) electrons. The van der Waals surface area contributed by atoms with Gasteiger partial charge in [0.05, 0.1) is 18.2 Å². The van der Waals surface area contributed by atoms with Crippen molar-refractivity contribution in [1.29, 1.82) is 0 Å². The lowest BCUT2D eigenvalue weighted by Gasteiger charge is -2.05. The first kappa shape index (κ1) is 14.7. The third kappa shape index (κ3) is 2.72. The summed E-state index contributed by atoms with van der Waals surface area (Å²) >= 11 is 6.21. The Morgan fingerprint density at radius 2 is 1.86 bits per heavy atom. The minimum absolute atomic E-state index is 0.220. The van der Waals surface area contributed by atoms with Crippen molar-refractivity contribution in [1.82, 2.24) is 0 Å². The average Bonchev–Trinajstić information content (AvgIpc) is 2.50. The van der Waals surface area contributed by atoms with Crippen molar-refractivity contribution in [3.05, 3.63) is 53.1 Å². The van der Waals surface area contributed by atoms with Crippen LogP contribution < -0.4 is 4.74 Å². The number of rotatable bonds is 3. The van der Waals surface area contributed by atoms with Gasteiger partial charge in [0.15, 0.2) is 0 Å². The first-order chi connectivity index (χ1) is 10.6. The highest BCUT2D eigenvalue weighted by molar-refractivity contribution is 6.32. The van der Waals surface area contributed by atoms with Crippen LogP contribution in [0, 0.1) is 6.92 Å². The fourth-order valence-electron chi connectivity index (χ4n) is 2.32. The number of halogens is 1. The highest BCUT2D eigenvalue weighted by Crippen LogP contribution is 2.35. The van der Waals surface area contributed by atoms with Gasteiger partial charge in [0.25, 0.3) is 0 Å². The lowest BCUT2D eigenvalue weighted by atomic mass is 10.1. The van der Waals surface area contributed by atoms with Crippen LogP contribution in [0.15, 0.2) is 46.9 Å².